The van der Waals surface area contributed by atoms with Crippen molar-refractivity contribution in [1.82, 2.24) is 20.2 Å². The van der Waals surface area contributed by atoms with Crippen molar-refractivity contribution in [2.75, 3.05) is 11.1 Å². The Hall–Kier alpha value is -2.19. The molecule has 0 radical (unpaired) electrons. The number of amides is 1. The normalized spacial score (nSPS) is 10.7. The van der Waals surface area contributed by atoms with Gasteiger partial charge in [0.05, 0.1) is 11.4 Å². The van der Waals surface area contributed by atoms with Crippen LogP contribution in [0.4, 0.5) is 5.69 Å². The van der Waals surface area contributed by atoms with Crippen LogP contribution >= 0.6 is 27.7 Å². The fourth-order valence-electron chi connectivity index (χ4n) is 2.39. The molecule has 0 spiro atoms. The molecule has 0 fully saturated rings. The number of aromatic nitrogens is 4. The summed E-state index contributed by atoms with van der Waals surface area (Å²) in [6.07, 6.45) is 0. The lowest BCUT2D eigenvalue weighted by atomic mass is 10.1. The number of carbonyl (C=O) groups excluding carboxylic acids is 1. The van der Waals surface area contributed by atoms with E-state index in [1.54, 1.807) is 4.68 Å². The Morgan fingerprint density at radius 3 is 2.52 bits per heavy atom. The van der Waals surface area contributed by atoms with E-state index in [1.165, 1.54) is 11.8 Å². The Labute approximate surface area is 158 Å². The lowest BCUT2D eigenvalue weighted by Crippen LogP contribution is -2.14. The average molecular weight is 418 g/mol. The van der Waals surface area contributed by atoms with Crippen molar-refractivity contribution in [1.29, 1.82) is 0 Å². The zero-order chi connectivity index (χ0) is 17.8. The molecule has 0 atom stereocenters. The van der Waals surface area contributed by atoms with Crippen molar-refractivity contribution in [2.45, 2.75) is 19.0 Å². The van der Waals surface area contributed by atoms with Crippen molar-refractivity contribution in [3.63, 3.8) is 0 Å². The molecule has 0 aliphatic heterocycles. The highest BCUT2D eigenvalue weighted by molar-refractivity contribution is 9.10. The third kappa shape index (κ3) is 4.67. The predicted molar refractivity (Wildman–Crippen MR) is 102 cm³/mol. The lowest BCUT2D eigenvalue weighted by Gasteiger charge is -2.08. The molecule has 1 heterocycles. The number of nitrogens with zero attached hydrogens (tertiary/aromatic N) is 4. The van der Waals surface area contributed by atoms with Gasteiger partial charge in [0.2, 0.25) is 11.1 Å². The Morgan fingerprint density at radius 2 is 1.84 bits per heavy atom. The summed E-state index contributed by atoms with van der Waals surface area (Å²) in [7, 11) is 0. The van der Waals surface area contributed by atoms with E-state index in [1.807, 2.05) is 50.2 Å². The Morgan fingerprint density at radius 1 is 1.16 bits per heavy atom. The molecule has 3 aromatic rings. The molecule has 2 aromatic carbocycles. The predicted octanol–water partition coefficient (Wildman–Crippen LogP) is 3.77. The van der Waals surface area contributed by atoms with Crippen LogP contribution in [0.1, 0.15) is 11.1 Å². The molecule has 0 saturated heterocycles. The van der Waals surface area contributed by atoms with Gasteiger partial charge in [0.1, 0.15) is 0 Å². The quantitative estimate of drug-likeness (QED) is 0.639. The molecule has 0 aliphatic carbocycles. The van der Waals surface area contributed by atoms with Crippen molar-refractivity contribution >= 4 is 39.3 Å². The van der Waals surface area contributed by atoms with E-state index in [4.69, 9.17) is 0 Å². The summed E-state index contributed by atoms with van der Waals surface area (Å²) < 4.78 is 2.59. The molecule has 0 aliphatic rings. The van der Waals surface area contributed by atoms with E-state index in [0.29, 0.717) is 5.16 Å². The van der Waals surface area contributed by atoms with E-state index in [9.17, 15) is 4.79 Å². The maximum Gasteiger partial charge on any atom is 0.234 e. The number of nitrogens with one attached hydrogen (secondary N) is 1. The fourth-order valence-corrected chi connectivity index (χ4v) is 3.34. The molecule has 8 heteroatoms. The summed E-state index contributed by atoms with van der Waals surface area (Å²) in [6, 6.07) is 13.6. The zero-order valence-electron chi connectivity index (χ0n) is 13.7. The first-order chi connectivity index (χ1) is 12.0. The number of hydrogen-bond donors (Lipinski definition) is 1. The van der Waals surface area contributed by atoms with Gasteiger partial charge in [-0.1, -0.05) is 33.8 Å². The van der Waals surface area contributed by atoms with Crippen molar-refractivity contribution in [3.05, 3.63) is 58.1 Å². The van der Waals surface area contributed by atoms with Gasteiger partial charge in [0.15, 0.2) is 0 Å². The van der Waals surface area contributed by atoms with E-state index in [-0.39, 0.29) is 11.7 Å². The first-order valence-corrected chi connectivity index (χ1v) is 9.34. The van der Waals surface area contributed by atoms with Gasteiger partial charge in [-0.2, -0.15) is 4.68 Å². The topological polar surface area (TPSA) is 72.7 Å². The minimum absolute atomic E-state index is 0.0969. The molecule has 3 rings (SSSR count). The van der Waals surface area contributed by atoms with Gasteiger partial charge in [-0.15, -0.1) is 5.10 Å². The smallest absolute Gasteiger partial charge is 0.234 e. The van der Waals surface area contributed by atoms with Gasteiger partial charge in [0.25, 0.3) is 0 Å². The average Bonchev–Trinajstić information content (AvgIpc) is 3.01. The second-order valence-electron chi connectivity index (χ2n) is 5.56. The summed E-state index contributed by atoms with van der Waals surface area (Å²) in [6.45, 7) is 4.01. The SMILES string of the molecule is Cc1cc(C)cc(NC(=O)CSc2nnnn2-c2ccc(Br)cc2)c1. The van der Waals surface area contributed by atoms with Crippen LogP contribution in [0.25, 0.3) is 5.69 Å². The Kier molecular flexibility index (Phi) is 5.50. The van der Waals surface area contributed by atoms with Crippen molar-refractivity contribution in [2.24, 2.45) is 0 Å². The number of hydrogen-bond acceptors (Lipinski definition) is 5. The minimum atomic E-state index is -0.0969. The van der Waals surface area contributed by atoms with Crippen LogP contribution in [0.2, 0.25) is 0 Å². The van der Waals surface area contributed by atoms with Crippen LogP contribution in [-0.4, -0.2) is 31.9 Å². The number of carbonyl (C=O) groups is 1. The number of tetrazole rings is 1. The fraction of sp³-hybridized carbons (Fsp3) is 0.176. The van der Waals surface area contributed by atoms with Crippen LogP contribution in [0.5, 0.6) is 0 Å². The van der Waals surface area contributed by atoms with Crippen molar-refractivity contribution in [3.8, 4) is 5.69 Å². The zero-order valence-corrected chi connectivity index (χ0v) is 16.1. The Balaban J connectivity index is 1.65. The second-order valence-corrected chi connectivity index (χ2v) is 7.42. The molecule has 1 amide bonds. The lowest BCUT2D eigenvalue weighted by molar-refractivity contribution is -0.113. The van der Waals surface area contributed by atoms with E-state index in [2.05, 4.69) is 42.8 Å². The van der Waals surface area contributed by atoms with E-state index < -0.39 is 0 Å². The highest BCUT2D eigenvalue weighted by Crippen LogP contribution is 2.20. The summed E-state index contributed by atoms with van der Waals surface area (Å²) in [5.74, 6) is 0.129. The van der Waals surface area contributed by atoms with Gasteiger partial charge in [0, 0.05) is 10.2 Å². The van der Waals surface area contributed by atoms with Gasteiger partial charge in [-0.3, -0.25) is 4.79 Å². The number of halogens is 1. The summed E-state index contributed by atoms with van der Waals surface area (Å²) >= 11 is 4.69. The highest BCUT2D eigenvalue weighted by atomic mass is 79.9. The van der Waals surface area contributed by atoms with Crippen LogP contribution in [0.3, 0.4) is 0 Å². The van der Waals surface area contributed by atoms with Gasteiger partial charge < -0.3 is 5.32 Å². The number of aryl methyl sites for hydroxylation is 2. The highest BCUT2D eigenvalue weighted by Gasteiger charge is 2.12. The molecule has 1 N–H and O–H groups in total. The third-order valence-electron chi connectivity index (χ3n) is 3.35. The van der Waals surface area contributed by atoms with Crippen LogP contribution in [0.15, 0.2) is 52.1 Å². The van der Waals surface area contributed by atoms with Gasteiger partial charge in [-0.25, -0.2) is 0 Å². The maximum atomic E-state index is 12.2. The molecule has 0 saturated carbocycles. The van der Waals surface area contributed by atoms with Crippen molar-refractivity contribution < 1.29 is 4.79 Å². The summed E-state index contributed by atoms with van der Waals surface area (Å²) in [4.78, 5) is 12.2. The summed E-state index contributed by atoms with van der Waals surface area (Å²) in [5.41, 5.74) is 3.87. The largest absolute Gasteiger partial charge is 0.325 e. The number of benzene rings is 2. The minimum Gasteiger partial charge on any atom is -0.325 e. The summed E-state index contributed by atoms with van der Waals surface area (Å²) in [5, 5.41) is 15.2. The number of rotatable bonds is 5. The van der Waals surface area contributed by atoms with Crippen LogP contribution < -0.4 is 5.32 Å². The molecule has 0 unspecified atom stereocenters. The first kappa shape index (κ1) is 17.6. The first-order valence-electron chi connectivity index (χ1n) is 7.56. The molecular formula is C17H16BrN5OS. The molecular weight excluding hydrogens is 402 g/mol. The molecule has 128 valence electrons. The van der Waals surface area contributed by atoms with Crippen LogP contribution in [-0.2, 0) is 4.79 Å². The second kappa shape index (κ2) is 7.79. The maximum absolute atomic E-state index is 12.2. The number of thioether (sulfide) groups is 1. The van der Waals surface area contributed by atoms with E-state index >= 15 is 0 Å². The monoisotopic (exact) mass is 417 g/mol. The molecule has 1 aromatic heterocycles. The van der Waals surface area contributed by atoms with E-state index in [0.717, 1.165) is 27.0 Å². The van der Waals surface area contributed by atoms with Crippen LogP contribution in [0, 0.1) is 13.8 Å². The Bertz CT molecular complexity index is 874. The molecule has 0 bridgehead atoms. The molecule has 6 nitrogen and oxygen atoms in total. The standard InChI is InChI=1S/C17H16BrN5OS/c1-11-7-12(2)9-14(8-11)19-16(24)10-25-17-20-21-22-23(17)15-5-3-13(18)4-6-15/h3-9H,10H2,1-2H3,(H,19,24). The molecule has 25 heavy (non-hydrogen) atoms. The van der Waals surface area contributed by atoms with Gasteiger partial charge >= 0.3 is 0 Å². The number of anilines is 1. The third-order valence-corrected chi connectivity index (χ3v) is 4.80. The van der Waals surface area contributed by atoms with Gasteiger partial charge in [-0.05, 0) is 71.8 Å².